The molecule has 0 spiro atoms. The van der Waals surface area contributed by atoms with Gasteiger partial charge in [-0.15, -0.1) is 0 Å². The predicted molar refractivity (Wildman–Crippen MR) is 92.9 cm³/mol. The normalized spacial score (nSPS) is 10.7. The molecule has 0 saturated heterocycles. The summed E-state index contributed by atoms with van der Waals surface area (Å²) in [7, 11) is 0. The maximum atomic E-state index is 11.8. The molecule has 6 heteroatoms. The van der Waals surface area contributed by atoms with Crippen LogP contribution in [0.3, 0.4) is 0 Å². The van der Waals surface area contributed by atoms with Crippen molar-refractivity contribution in [3.63, 3.8) is 0 Å². The van der Waals surface area contributed by atoms with Gasteiger partial charge in [-0.25, -0.2) is 5.43 Å². The molecular formula is C17H17BrN2O3. The number of aromatic hydroxyl groups is 1. The minimum absolute atomic E-state index is 0.0951. The lowest BCUT2D eigenvalue weighted by Gasteiger charge is -2.04. The average Bonchev–Trinajstić information content (AvgIpc) is 2.53. The molecule has 2 N–H and O–H groups in total. The molecule has 0 heterocycles. The molecule has 0 unspecified atom stereocenters. The standard InChI is InChI=1S/C17H17BrN2O3/c1-2-23-15-6-3-12(4-7-15)9-17(22)20-19-11-13-10-14(18)5-8-16(13)21/h3-8,10-11,21H,2,9H2,1H3,(H,20,22)/b19-11+. The zero-order valence-electron chi connectivity index (χ0n) is 12.6. The van der Waals surface area contributed by atoms with E-state index in [0.717, 1.165) is 15.8 Å². The number of carbonyl (C=O) groups is 1. The smallest absolute Gasteiger partial charge is 0.244 e. The first-order chi connectivity index (χ1) is 11.1. The zero-order valence-corrected chi connectivity index (χ0v) is 14.2. The lowest BCUT2D eigenvalue weighted by Crippen LogP contribution is -2.19. The molecule has 0 bridgehead atoms. The number of carbonyl (C=O) groups excluding carboxylic acids is 1. The van der Waals surface area contributed by atoms with E-state index in [1.54, 1.807) is 18.2 Å². The van der Waals surface area contributed by atoms with Crippen LogP contribution in [0.15, 0.2) is 52.0 Å². The highest BCUT2D eigenvalue weighted by atomic mass is 79.9. The first-order valence-electron chi connectivity index (χ1n) is 7.10. The average molecular weight is 377 g/mol. The Labute approximate surface area is 143 Å². The van der Waals surface area contributed by atoms with Gasteiger partial charge in [0, 0.05) is 10.0 Å². The Balaban J connectivity index is 1.89. The third-order valence-electron chi connectivity index (χ3n) is 2.98. The van der Waals surface area contributed by atoms with Gasteiger partial charge >= 0.3 is 0 Å². The number of hydrogen-bond acceptors (Lipinski definition) is 4. The van der Waals surface area contributed by atoms with E-state index in [1.165, 1.54) is 6.21 Å². The van der Waals surface area contributed by atoms with Crippen LogP contribution in [0.4, 0.5) is 0 Å². The van der Waals surface area contributed by atoms with Gasteiger partial charge in [0.05, 0.1) is 19.2 Å². The van der Waals surface area contributed by atoms with Crippen LogP contribution in [-0.4, -0.2) is 23.8 Å². The molecule has 1 amide bonds. The van der Waals surface area contributed by atoms with Gasteiger partial charge in [-0.05, 0) is 42.8 Å². The molecule has 5 nitrogen and oxygen atoms in total. The van der Waals surface area contributed by atoms with Gasteiger partial charge in [0.15, 0.2) is 0 Å². The second-order valence-corrected chi connectivity index (χ2v) is 5.67. The van der Waals surface area contributed by atoms with Gasteiger partial charge in [0.25, 0.3) is 0 Å². The zero-order chi connectivity index (χ0) is 16.7. The van der Waals surface area contributed by atoms with E-state index in [0.29, 0.717) is 12.2 Å². The van der Waals surface area contributed by atoms with Crippen LogP contribution < -0.4 is 10.2 Å². The van der Waals surface area contributed by atoms with Crippen LogP contribution in [0.5, 0.6) is 11.5 Å². The fourth-order valence-electron chi connectivity index (χ4n) is 1.90. The molecule has 0 aliphatic carbocycles. The van der Waals surface area contributed by atoms with Crippen molar-refractivity contribution in [2.75, 3.05) is 6.61 Å². The number of nitrogens with one attached hydrogen (secondary N) is 1. The van der Waals surface area contributed by atoms with Gasteiger partial charge in [-0.2, -0.15) is 5.10 Å². The van der Waals surface area contributed by atoms with Gasteiger partial charge < -0.3 is 9.84 Å². The second kappa shape index (κ2) is 8.33. The van der Waals surface area contributed by atoms with E-state index in [1.807, 2.05) is 31.2 Å². The number of phenols is 1. The molecule has 0 atom stereocenters. The highest BCUT2D eigenvalue weighted by molar-refractivity contribution is 9.10. The van der Waals surface area contributed by atoms with Crippen LogP contribution in [0.2, 0.25) is 0 Å². The summed E-state index contributed by atoms with van der Waals surface area (Å²) < 4.78 is 6.17. The van der Waals surface area contributed by atoms with Gasteiger partial charge in [0.2, 0.25) is 5.91 Å². The van der Waals surface area contributed by atoms with Crippen LogP contribution >= 0.6 is 15.9 Å². The van der Waals surface area contributed by atoms with E-state index in [4.69, 9.17) is 4.74 Å². The van der Waals surface area contributed by atoms with Crippen molar-refractivity contribution in [3.8, 4) is 11.5 Å². The number of phenolic OH excluding ortho intramolecular Hbond substituents is 1. The highest BCUT2D eigenvalue weighted by Gasteiger charge is 2.03. The van der Waals surface area contributed by atoms with Crippen LogP contribution in [0, 0.1) is 0 Å². The molecule has 120 valence electrons. The van der Waals surface area contributed by atoms with E-state index in [-0.39, 0.29) is 18.1 Å². The Kier molecular flexibility index (Phi) is 6.17. The van der Waals surface area contributed by atoms with Gasteiger partial charge in [-0.3, -0.25) is 4.79 Å². The largest absolute Gasteiger partial charge is 0.507 e. The lowest BCUT2D eigenvalue weighted by molar-refractivity contribution is -0.120. The maximum Gasteiger partial charge on any atom is 0.244 e. The Hall–Kier alpha value is -2.34. The first kappa shape index (κ1) is 17.0. The first-order valence-corrected chi connectivity index (χ1v) is 7.90. The minimum atomic E-state index is -0.236. The number of halogens is 1. The van der Waals surface area contributed by atoms with E-state index in [9.17, 15) is 9.90 Å². The number of nitrogens with zero attached hydrogens (tertiary/aromatic N) is 1. The van der Waals surface area contributed by atoms with Gasteiger partial charge in [-0.1, -0.05) is 28.1 Å². The summed E-state index contributed by atoms with van der Waals surface area (Å²) in [6.45, 7) is 2.53. The minimum Gasteiger partial charge on any atom is -0.507 e. The molecular weight excluding hydrogens is 360 g/mol. The van der Waals surface area contributed by atoms with Crippen molar-refractivity contribution in [2.24, 2.45) is 5.10 Å². The molecule has 0 radical (unpaired) electrons. The maximum absolute atomic E-state index is 11.8. The molecule has 0 fully saturated rings. The number of hydrogen-bond donors (Lipinski definition) is 2. The Morgan fingerprint density at radius 1 is 1.30 bits per heavy atom. The van der Waals surface area contributed by atoms with Crippen molar-refractivity contribution in [1.82, 2.24) is 5.43 Å². The highest BCUT2D eigenvalue weighted by Crippen LogP contribution is 2.19. The SMILES string of the molecule is CCOc1ccc(CC(=O)N/N=C/c2cc(Br)ccc2O)cc1. The summed E-state index contributed by atoms with van der Waals surface area (Å²) in [4.78, 5) is 11.8. The number of hydrazone groups is 1. The predicted octanol–water partition coefficient (Wildman–Crippen LogP) is 3.25. The van der Waals surface area contributed by atoms with E-state index in [2.05, 4.69) is 26.5 Å². The molecule has 0 saturated carbocycles. The lowest BCUT2D eigenvalue weighted by atomic mass is 10.1. The van der Waals surface area contributed by atoms with Crippen LogP contribution in [0.25, 0.3) is 0 Å². The van der Waals surface area contributed by atoms with Crippen molar-refractivity contribution >= 4 is 28.1 Å². The molecule has 0 aliphatic heterocycles. The Bertz CT molecular complexity index is 699. The Morgan fingerprint density at radius 2 is 2.04 bits per heavy atom. The van der Waals surface area contributed by atoms with E-state index >= 15 is 0 Å². The molecule has 2 rings (SSSR count). The molecule has 2 aromatic carbocycles. The summed E-state index contributed by atoms with van der Waals surface area (Å²) in [6.07, 6.45) is 1.62. The summed E-state index contributed by atoms with van der Waals surface area (Å²) in [5, 5.41) is 13.5. The van der Waals surface area contributed by atoms with Gasteiger partial charge in [0.1, 0.15) is 11.5 Å². The number of amides is 1. The van der Waals surface area contributed by atoms with Crippen molar-refractivity contribution < 1.29 is 14.6 Å². The number of rotatable bonds is 6. The molecule has 2 aromatic rings. The fourth-order valence-corrected chi connectivity index (χ4v) is 2.28. The van der Waals surface area contributed by atoms with E-state index < -0.39 is 0 Å². The molecule has 23 heavy (non-hydrogen) atoms. The fraction of sp³-hybridized carbons (Fsp3) is 0.176. The van der Waals surface area contributed by atoms with Crippen LogP contribution in [0.1, 0.15) is 18.1 Å². The van der Waals surface area contributed by atoms with Crippen molar-refractivity contribution in [2.45, 2.75) is 13.3 Å². The third kappa shape index (κ3) is 5.41. The molecule has 0 aliphatic rings. The quantitative estimate of drug-likeness (QED) is 0.600. The Morgan fingerprint density at radius 3 is 2.74 bits per heavy atom. The molecule has 0 aromatic heterocycles. The van der Waals surface area contributed by atoms with Crippen molar-refractivity contribution in [1.29, 1.82) is 0 Å². The summed E-state index contributed by atoms with van der Waals surface area (Å²) in [6, 6.07) is 12.3. The third-order valence-corrected chi connectivity index (χ3v) is 3.47. The number of benzene rings is 2. The van der Waals surface area contributed by atoms with Crippen LogP contribution in [-0.2, 0) is 11.2 Å². The summed E-state index contributed by atoms with van der Waals surface area (Å²) >= 11 is 3.31. The monoisotopic (exact) mass is 376 g/mol. The topological polar surface area (TPSA) is 70.9 Å². The number of ether oxygens (including phenoxy) is 1. The second-order valence-electron chi connectivity index (χ2n) is 4.75. The summed E-state index contributed by atoms with van der Waals surface area (Å²) in [5.74, 6) is 0.636. The van der Waals surface area contributed by atoms with Crippen molar-refractivity contribution in [3.05, 3.63) is 58.1 Å². The summed E-state index contributed by atoms with van der Waals surface area (Å²) in [5.41, 5.74) is 3.82.